The van der Waals surface area contributed by atoms with Crippen molar-refractivity contribution in [3.63, 3.8) is 0 Å². The van der Waals surface area contributed by atoms with Crippen molar-refractivity contribution < 1.29 is 20.1 Å². The van der Waals surface area contributed by atoms with Gasteiger partial charge in [0.1, 0.15) is 5.75 Å². The molecule has 0 saturated carbocycles. The van der Waals surface area contributed by atoms with E-state index >= 15 is 0 Å². The molecule has 5 heteroatoms. The minimum atomic E-state index is -0.645. The fourth-order valence-electron chi connectivity index (χ4n) is 1.88. The summed E-state index contributed by atoms with van der Waals surface area (Å²) >= 11 is 0. The van der Waals surface area contributed by atoms with E-state index in [1.807, 2.05) is 36.1 Å². The van der Waals surface area contributed by atoms with Crippen LogP contribution in [0.25, 0.3) is 0 Å². The van der Waals surface area contributed by atoms with E-state index in [9.17, 15) is 5.11 Å². The molecule has 1 unspecified atom stereocenters. The monoisotopic (exact) mass is 269 g/mol. The molecule has 0 aliphatic heterocycles. The minimum Gasteiger partial charge on any atom is -0.494 e. The van der Waals surface area contributed by atoms with Crippen LogP contribution < -0.4 is 4.74 Å². The topological polar surface area (TPSA) is 73.2 Å². The summed E-state index contributed by atoms with van der Waals surface area (Å²) in [6, 6.07) is 7.30. The van der Waals surface area contributed by atoms with Crippen LogP contribution >= 0.6 is 0 Å². The van der Waals surface area contributed by atoms with Gasteiger partial charge in [-0.15, -0.1) is 0 Å². The summed E-state index contributed by atoms with van der Waals surface area (Å²) in [5.41, 5.74) is 0.796. The average molecular weight is 269 g/mol. The molecule has 108 valence electrons. The van der Waals surface area contributed by atoms with E-state index in [1.54, 1.807) is 0 Å². The molecule has 1 atom stereocenters. The number of hydrogen-bond donors (Lipinski definition) is 3. The quantitative estimate of drug-likeness (QED) is 0.605. The maximum atomic E-state index is 10.1. The van der Waals surface area contributed by atoms with Crippen molar-refractivity contribution in [2.45, 2.75) is 13.0 Å². The first-order valence-electron chi connectivity index (χ1n) is 6.56. The maximum absolute atomic E-state index is 10.1. The highest BCUT2D eigenvalue weighted by molar-refractivity contribution is 5.28. The summed E-state index contributed by atoms with van der Waals surface area (Å²) in [6.45, 7) is 3.82. The lowest BCUT2D eigenvalue weighted by Crippen LogP contribution is -2.33. The molecule has 0 saturated heterocycles. The molecule has 1 aromatic rings. The molecule has 0 bridgehead atoms. The molecular formula is C14H23NO4. The Labute approximate surface area is 114 Å². The molecule has 5 nitrogen and oxygen atoms in total. The SMILES string of the molecule is CCOc1ccc(C(O)CN(CCO)CCO)cc1. The molecule has 0 spiro atoms. The van der Waals surface area contributed by atoms with Gasteiger partial charge in [-0.05, 0) is 24.6 Å². The molecule has 0 fully saturated rings. The number of benzene rings is 1. The second-order valence-electron chi connectivity index (χ2n) is 4.27. The van der Waals surface area contributed by atoms with Crippen LogP contribution in [0, 0.1) is 0 Å². The largest absolute Gasteiger partial charge is 0.494 e. The number of hydrogen-bond acceptors (Lipinski definition) is 5. The van der Waals surface area contributed by atoms with Gasteiger partial charge in [0.25, 0.3) is 0 Å². The van der Waals surface area contributed by atoms with E-state index in [-0.39, 0.29) is 13.2 Å². The number of ether oxygens (including phenoxy) is 1. The predicted octanol–water partition coefficient (Wildman–Crippen LogP) is 0.405. The second kappa shape index (κ2) is 8.87. The lowest BCUT2D eigenvalue weighted by molar-refractivity contribution is 0.0874. The van der Waals surface area contributed by atoms with Crippen molar-refractivity contribution in [3.8, 4) is 5.75 Å². The number of nitrogens with zero attached hydrogens (tertiary/aromatic N) is 1. The molecule has 1 rings (SSSR count). The molecule has 0 radical (unpaired) electrons. The Kier molecular flexibility index (Phi) is 7.43. The third kappa shape index (κ3) is 5.57. The van der Waals surface area contributed by atoms with Crippen LogP contribution in [0.5, 0.6) is 5.75 Å². The zero-order chi connectivity index (χ0) is 14.1. The lowest BCUT2D eigenvalue weighted by Gasteiger charge is -2.23. The van der Waals surface area contributed by atoms with E-state index < -0.39 is 6.10 Å². The maximum Gasteiger partial charge on any atom is 0.119 e. The van der Waals surface area contributed by atoms with Gasteiger partial charge in [0.15, 0.2) is 0 Å². The smallest absolute Gasteiger partial charge is 0.119 e. The standard InChI is InChI=1S/C14H23NO4/c1-2-19-13-5-3-12(4-6-13)14(18)11-15(7-9-16)8-10-17/h3-6,14,16-18H,2,7-11H2,1H3. The average Bonchev–Trinajstić information content (AvgIpc) is 2.40. The zero-order valence-corrected chi connectivity index (χ0v) is 11.3. The number of rotatable bonds is 9. The van der Waals surface area contributed by atoms with Gasteiger partial charge in [-0.3, -0.25) is 4.90 Å². The van der Waals surface area contributed by atoms with Gasteiger partial charge in [0, 0.05) is 19.6 Å². The van der Waals surface area contributed by atoms with Gasteiger partial charge in [0.2, 0.25) is 0 Å². The van der Waals surface area contributed by atoms with Gasteiger partial charge in [-0.1, -0.05) is 12.1 Å². The van der Waals surface area contributed by atoms with Gasteiger partial charge in [-0.2, -0.15) is 0 Å². The van der Waals surface area contributed by atoms with Gasteiger partial charge >= 0.3 is 0 Å². The Bertz CT molecular complexity index is 336. The molecular weight excluding hydrogens is 246 g/mol. The number of aliphatic hydroxyl groups is 3. The highest BCUT2D eigenvalue weighted by Gasteiger charge is 2.13. The third-order valence-corrected chi connectivity index (χ3v) is 2.84. The molecule has 0 amide bonds. The third-order valence-electron chi connectivity index (χ3n) is 2.84. The first-order valence-corrected chi connectivity index (χ1v) is 6.56. The van der Waals surface area contributed by atoms with Crippen molar-refractivity contribution in [1.29, 1.82) is 0 Å². The molecule has 0 aliphatic rings. The normalized spacial score (nSPS) is 12.7. The van der Waals surface area contributed by atoms with E-state index in [0.29, 0.717) is 26.2 Å². The van der Waals surface area contributed by atoms with Crippen LogP contribution in [0.1, 0.15) is 18.6 Å². The van der Waals surface area contributed by atoms with Crippen LogP contribution in [-0.2, 0) is 0 Å². The highest BCUT2D eigenvalue weighted by Crippen LogP contribution is 2.18. The van der Waals surface area contributed by atoms with Crippen molar-refractivity contribution in [2.75, 3.05) is 39.5 Å². The Hall–Kier alpha value is -1.14. The molecule has 0 aliphatic carbocycles. The molecule has 19 heavy (non-hydrogen) atoms. The minimum absolute atomic E-state index is 0.00992. The van der Waals surface area contributed by atoms with Crippen LogP contribution in [0.2, 0.25) is 0 Å². The van der Waals surface area contributed by atoms with Crippen LogP contribution in [0.4, 0.5) is 0 Å². The summed E-state index contributed by atoms with van der Waals surface area (Å²) in [5, 5.41) is 28.0. The van der Waals surface area contributed by atoms with E-state index in [4.69, 9.17) is 14.9 Å². The first kappa shape index (κ1) is 15.9. The second-order valence-corrected chi connectivity index (χ2v) is 4.27. The highest BCUT2D eigenvalue weighted by atomic mass is 16.5. The Morgan fingerprint density at radius 2 is 1.68 bits per heavy atom. The van der Waals surface area contributed by atoms with Crippen molar-refractivity contribution in [3.05, 3.63) is 29.8 Å². The van der Waals surface area contributed by atoms with Gasteiger partial charge in [-0.25, -0.2) is 0 Å². The van der Waals surface area contributed by atoms with Crippen LogP contribution in [0.3, 0.4) is 0 Å². The number of aliphatic hydroxyl groups excluding tert-OH is 3. The molecule has 0 aromatic heterocycles. The Balaban J connectivity index is 2.57. The van der Waals surface area contributed by atoms with E-state index in [0.717, 1.165) is 11.3 Å². The molecule has 1 aromatic carbocycles. The summed E-state index contributed by atoms with van der Waals surface area (Å²) in [6.07, 6.45) is -0.645. The molecule has 3 N–H and O–H groups in total. The van der Waals surface area contributed by atoms with Crippen LogP contribution in [-0.4, -0.2) is 59.7 Å². The summed E-state index contributed by atoms with van der Waals surface area (Å²) in [5.74, 6) is 0.779. The summed E-state index contributed by atoms with van der Waals surface area (Å²) < 4.78 is 5.34. The lowest BCUT2D eigenvalue weighted by atomic mass is 10.1. The van der Waals surface area contributed by atoms with Crippen LogP contribution in [0.15, 0.2) is 24.3 Å². The van der Waals surface area contributed by atoms with E-state index in [2.05, 4.69) is 0 Å². The summed E-state index contributed by atoms with van der Waals surface area (Å²) in [7, 11) is 0. The van der Waals surface area contributed by atoms with Crippen molar-refractivity contribution in [1.82, 2.24) is 4.90 Å². The predicted molar refractivity (Wildman–Crippen MR) is 73.2 cm³/mol. The van der Waals surface area contributed by atoms with E-state index in [1.165, 1.54) is 0 Å². The fourth-order valence-corrected chi connectivity index (χ4v) is 1.88. The summed E-state index contributed by atoms with van der Waals surface area (Å²) in [4.78, 5) is 1.82. The first-order chi connectivity index (χ1) is 9.21. The van der Waals surface area contributed by atoms with Gasteiger partial charge < -0.3 is 20.1 Å². The zero-order valence-electron chi connectivity index (χ0n) is 11.3. The fraction of sp³-hybridized carbons (Fsp3) is 0.571. The Morgan fingerprint density at radius 1 is 1.11 bits per heavy atom. The van der Waals surface area contributed by atoms with Crippen molar-refractivity contribution in [2.24, 2.45) is 0 Å². The Morgan fingerprint density at radius 3 is 2.16 bits per heavy atom. The molecule has 0 heterocycles. The van der Waals surface area contributed by atoms with Gasteiger partial charge in [0.05, 0.1) is 25.9 Å². The van der Waals surface area contributed by atoms with Crippen molar-refractivity contribution >= 4 is 0 Å².